The highest BCUT2D eigenvalue weighted by molar-refractivity contribution is 6.10. The van der Waals surface area contributed by atoms with Crippen molar-refractivity contribution in [3.63, 3.8) is 0 Å². The Morgan fingerprint density at radius 1 is 1.03 bits per heavy atom. The van der Waals surface area contributed by atoms with E-state index in [4.69, 9.17) is 4.74 Å². The molecule has 0 radical (unpaired) electrons. The molecule has 39 heavy (non-hydrogen) atoms. The highest BCUT2D eigenvalue weighted by Crippen LogP contribution is 2.33. The molecular formula is C32H39N3O4. The number of aliphatic hydroxyl groups excluding tert-OH is 1. The number of carboxylic acids is 1. The number of ether oxygens (including phenoxy) is 1. The fourth-order valence-corrected chi connectivity index (χ4v) is 5.63. The lowest BCUT2D eigenvalue weighted by atomic mass is 9.95. The molecule has 1 aliphatic rings. The number of aliphatic carboxylic acids is 1. The van der Waals surface area contributed by atoms with Crippen molar-refractivity contribution in [3.8, 4) is 5.75 Å². The number of para-hydroxylation sites is 2. The summed E-state index contributed by atoms with van der Waals surface area (Å²) in [5, 5.41) is 25.4. The minimum Gasteiger partial charge on any atom is -0.490 e. The zero-order valence-corrected chi connectivity index (χ0v) is 22.6. The van der Waals surface area contributed by atoms with Gasteiger partial charge in [-0.25, -0.2) is 0 Å². The van der Waals surface area contributed by atoms with E-state index in [0.717, 1.165) is 60.0 Å². The van der Waals surface area contributed by atoms with Gasteiger partial charge in [0.2, 0.25) is 0 Å². The van der Waals surface area contributed by atoms with E-state index in [2.05, 4.69) is 58.5 Å². The van der Waals surface area contributed by atoms with Crippen molar-refractivity contribution >= 4 is 33.5 Å². The van der Waals surface area contributed by atoms with Crippen molar-refractivity contribution in [1.29, 1.82) is 0 Å². The van der Waals surface area contributed by atoms with E-state index in [0.29, 0.717) is 25.3 Å². The van der Waals surface area contributed by atoms with Crippen LogP contribution in [-0.2, 0) is 11.2 Å². The van der Waals surface area contributed by atoms with Gasteiger partial charge in [-0.05, 0) is 68.0 Å². The van der Waals surface area contributed by atoms with E-state index in [1.54, 1.807) is 0 Å². The molecule has 1 aromatic heterocycles. The molecular weight excluding hydrogens is 490 g/mol. The van der Waals surface area contributed by atoms with Gasteiger partial charge in [-0.1, -0.05) is 49.4 Å². The lowest BCUT2D eigenvalue weighted by Gasteiger charge is -2.33. The lowest BCUT2D eigenvalue weighted by Crippen LogP contribution is -2.36. The van der Waals surface area contributed by atoms with Crippen LogP contribution in [0.25, 0.3) is 21.8 Å². The van der Waals surface area contributed by atoms with E-state index in [1.807, 2.05) is 30.3 Å². The van der Waals surface area contributed by atoms with Gasteiger partial charge in [-0.2, -0.15) is 0 Å². The maximum absolute atomic E-state index is 11.3. The average Bonchev–Trinajstić information content (AvgIpc) is 3.34. The van der Waals surface area contributed by atoms with Crippen molar-refractivity contribution in [2.45, 2.75) is 38.7 Å². The number of hydrogen-bond acceptors (Lipinski definition) is 5. The van der Waals surface area contributed by atoms with Crippen LogP contribution in [0, 0.1) is 11.8 Å². The zero-order valence-electron chi connectivity index (χ0n) is 22.6. The van der Waals surface area contributed by atoms with Crippen LogP contribution < -0.4 is 15.0 Å². The number of aromatic amines is 1. The number of nitrogens with zero attached hydrogens (tertiary/aromatic N) is 1. The third-order valence-corrected chi connectivity index (χ3v) is 7.88. The molecule has 0 spiro atoms. The fourth-order valence-electron chi connectivity index (χ4n) is 5.63. The standard InChI is InChI=1S/C32H39N3O4/c1-22(13-14-23-7-2-5-11-29(23)35-17-15-24(16-18-35)32(37)38)19-33-20-25(36)21-39-30-12-6-10-28-31(30)26-8-3-4-9-27(26)34-28/h2-12,22,24-25,33-34,36H,13-21H2,1H3,(H,37,38)/t22?,25-/m0/s1. The number of aryl methyl sites for hydroxylation is 1. The van der Waals surface area contributed by atoms with Crippen molar-refractivity contribution in [2.24, 2.45) is 11.8 Å². The first-order valence-electron chi connectivity index (χ1n) is 14.1. The normalized spacial score (nSPS) is 16.0. The summed E-state index contributed by atoms with van der Waals surface area (Å²) in [5.41, 5.74) is 4.66. The summed E-state index contributed by atoms with van der Waals surface area (Å²) in [6.45, 7) is 5.34. The molecule has 5 rings (SSSR count). The predicted octanol–water partition coefficient (Wildman–Crippen LogP) is 5.22. The second kappa shape index (κ2) is 12.5. The summed E-state index contributed by atoms with van der Waals surface area (Å²) >= 11 is 0. The Labute approximate surface area is 229 Å². The van der Waals surface area contributed by atoms with Crippen LogP contribution >= 0.6 is 0 Å². The minimum absolute atomic E-state index is 0.220. The molecule has 2 atom stereocenters. The van der Waals surface area contributed by atoms with Crippen LogP contribution in [-0.4, -0.2) is 60.1 Å². The van der Waals surface area contributed by atoms with Crippen LogP contribution in [0.1, 0.15) is 31.7 Å². The van der Waals surface area contributed by atoms with Crippen LogP contribution in [0.4, 0.5) is 5.69 Å². The Bertz CT molecular complexity index is 1390. The maximum atomic E-state index is 11.3. The van der Waals surface area contributed by atoms with Crippen LogP contribution in [0.15, 0.2) is 66.7 Å². The SMILES string of the molecule is CC(CCc1ccccc1N1CCC(C(=O)O)CC1)CNC[C@H](O)COc1cccc2[nH]c3ccccc3c12. The number of benzene rings is 3. The largest absolute Gasteiger partial charge is 0.490 e. The van der Waals surface area contributed by atoms with Gasteiger partial charge in [0.1, 0.15) is 18.5 Å². The lowest BCUT2D eigenvalue weighted by molar-refractivity contribution is -0.142. The highest BCUT2D eigenvalue weighted by atomic mass is 16.5. The van der Waals surface area contributed by atoms with Crippen LogP contribution in [0.5, 0.6) is 5.75 Å². The Morgan fingerprint density at radius 2 is 1.77 bits per heavy atom. The first kappa shape index (κ1) is 27.0. The van der Waals surface area contributed by atoms with E-state index in [-0.39, 0.29) is 12.5 Å². The molecule has 1 fully saturated rings. The number of hydrogen-bond donors (Lipinski definition) is 4. The van der Waals surface area contributed by atoms with Gasteiger partial charge in [0, 0.05) is 41.6 Å². The molecule has 0 bridgehead atoms. The van der Waals surface area contributed by atoms with Crippen molar-refractivity contribution in [2.75, 3.05) is 37.7 Å². The van der Waals surface area contributed by atoms with Gasteiger partial charge in [0.05, 0.1) is 11.4 Å². The number of H-pyrrole nitrogens is 1. The Kier molecular flexibility index (Phi) is 8.69. The second-order valence-electron chi connectivity index (χ2n) is 10.8. The molecule has 0 saturated carbocycles. The maximum Gasteiger partial charge on any atom is 0.306 e. The second-order valence-corrected chi connectivity index (χ2v) is 10.8. The van der Waals surface area contributed by atoms with Gasteiger partial charge in [-0.3, -0.25) is 4.79 Å². The van der Waals surface area contributed by atoms with Crippen LogP contribution in [0.2, 0.25) is 0 Å². The number of aromatic nitrogens is 1. The number of nitrogens with one attached hydrogen (secondary N) is 2. The highest BCUT2D eigenvalue weighted by Gasteiger charge is 2.25. The molecule has 0 aliphatic carbocycles. The van der Waals surface area contributed by atoms with Crippen LogP contribution in [0.3, 0.4) is 0 Å². The van der Waals surface area contributed by atoms with Gasteiger partial charge < -0.3 is 30.2 Å². The number of fused-ring (bicyclic) bond motifs is 3. The van der Waals surface area contributed by atoms with Gasteiger partial charge in [-0.15, -0.1) is 0 Å². The van der Waals surface area contributed by atoms with E-state index in [1.165, 1.54) is 11.3 Å². The molecule has 206 valence electrons. The molecule has 4 aromatic rings. The number of anilines is 1. The quantitative estimate of drug-likeness (QED) is 0.201. The molecule has 1 saturated heterocycles. The topological polar surface area (TPSA) is 97.8 Å². The van der Waals surface area contributed by atoms with Gasteiger partial charge >= 0.3 is 5.97 Å². The Hall–Kier alpha value is -3.55. The number of carbonyl (C=O) groups is 1. The first-order chi connectivity index (χ1) is 19.0. The molecule has 2 heterocycles. The summed E-state index contributed by atoms with van der Waals surface area (Å²) in [6.07, 6.45) is 2.80. The molecule has 1 aliphatic heterocycles. The first-order valence-corrected chi connectivity index (χ1v) is 14.1. The number of aliphatic hydroxyl groups is 1. The van der Waals surface area contributed by atoms with Crippen molar-refractivity contribution < 1.29 is 19.7 Å². The minimum atomic E-state index is -0.674. The Morgan fingerprint density at radius 3 is 2.59 bits per heavy atom. The number of piperidine rings is 1. The number of rotatable bonds is 12. The average molecular weight is 530 g/mol. The summed E-state index contributed by atoms with van der Waals surface area (Å²) in [6, 6.07) is 22.6. The van der Waals surface area contributed by atoms with Crippen molar-refractivity contribution in [3.05, 3.63) is 72.3 Å². The monoisotopic (exact) mass is 529 g/mol. The zero-order chi connectivity index (χ0) is 27.2. The molecule has 1 unspecified atom stereocenters. The number of carboxylic acid groups (broad SMARTS) is 1. The smallest absolute Gasteiger partial charge is 0.306 e. The summed E-state index contributed by atoms with van der Waals surface area (Å²) < 4.78 is 6.05. The fraction of sp³-hybridized carbons (Fsp3) is 0.406. The van der Waals surface area contributed by atoms with Crippen molar-refractivity contribution in [1.82, 2.24) is 10.3 Å². The molecule has 3 aromatic carbocycles. The molecule has 7 nitrogen and oxygen atoms in total. The van der Waals surface area contributed by atoms with E-state index in [9.17, 15) is 15.0 Å². The summed E-state index contributed by atoms with van der Waals surface area (Å²) in [4.78, 5) is 17.1. The molecule has 7 heteroatoms. The molecule has 4 N–H and O–H groups in total. The summed E-state index contributed by atoms with van der Waals surface area (Å²) in [7, 11) is 0. The van der Waals surface area contributed by atoms with E-state index >= 15 is 0 Å². The molecule has 0 amide bonds. The van der Waals surface area contributed by atoms with Gasteiger partial charge in [0.15, 0.2) is 0 Å². The third-order valence-electron chi connectivity index (χ3n) is 7.88. The third kappa shape index (κ3) is 6.54. The van der Waals surface area contributed by atoms with E-state index < -0.39 is 12.1 Å². The Balaban J connectivity index is 1.06. The summed E-state index contributed by atoms with van der Waals surface area (Å²) in [5.74, 6) is 0.335. The van der Waals surface area contributed by atoms with Gasteiger partial charge in [0.25, 0.3) is 0 Å². The predicted molar refractivity (Wildman–Crippen MR) is 157 cm³/mol.